The van der Waals surface area contributed by atoms with E-state index in [2.05, 4.69) is 9.88 Å². The molecule has 1 aliphatic carbocycles. The first kappa shape index (κ1) is 16.6. The molecule has 3 fully saturated rings. The van der Waals surface area contributed by atoms with E-state index in [0.717, 1.165) is 50.9 Å². The van der Waals surface area contributed by atoms with Crippen LogP contribution in [0.4, 0.5) is 5.82 Å². The smallest absolute Gasteiger partial charge is 0.293 e. The fraction of sp³-hybridized carbons (Fsp3) is 0.737. The molecular formula is C19H28N4O2. The first-order chi connectivity index (χ1) is 12.1. The maximum absolute atomic E-state index is 12.9. The van der Waals surface area contributed by atoms with Crippen molar-refractivity contribution in [3.63, 3.8) is 0 Å². The van der Waals surface area contributed by atoms with Crippen molar-refractivity contribution < 1.29 is 4.79 Å². The molecule has 0 spiro atoms. The van der Waals surface area contributed by atoms with E-state index in [9.17, 15) is 9.59 Å². The Kier molecular flexibility index (Phi) is 4.52. The highest BCUT2D eigenvalue weighted by molar-refractivity contribution is 5.79. The molecule has 1 saturated carbocycles. The summed E-state index contributed by atoms with van der Waals surface area (Å²) in [5.74, 6) is 2.47. The molecule has 0 aromatic carbocycles. The Hall–Kier alpha value is -1.85. The van der Waals surface area contributed by atoms with Gasteiger partial charge >= 0.3 is 0 Å². The summed E-state index contributed by atoms with van der Waals surface area (Å²) in [7, 11) is 1.75. The number of aromatic nitrogens is 2. The van der Waals surface area contributed by atoms with Gasteiger partial charge in [0.05, 0.1) is 0 Å². The number of rotatable bonds is 2. The minimum Gasteiger partial charge on any atom is -0.352 e. The predicted molar refractivity (Wildman–Crippen MR) is 96.4 cm³/mol. The predicted octanol–water partition coefficient (Wildman–Crippen LogP) is 1.65. The largest absolute Gasteiger partial charge is 0.352 e. The third-order valence-corrected chi connectivity index (χ3v) is 6.43. The molecule has 2 atom stereocenters. The number of carbonyl (C=O) groups is 1. The third-order valence-electron chi connectivity index (χ3n) is 6.43. The number of likely N-dealkylation sites (tertiary alicyclic amines) is 1. The Morgan fingerprint density at radius 3 is 2.36 bits per heavy atom. The number of amides is 1. The number of aryl methyl sites for hydroxylation is 1. The van der Waals surface area contributed by atoms with Gasteiger partial charge in [-0.05, 0) is 37.5 Å². The van der Waals surface area contributed by atoms with Gasteiger partial charge in [0.2, 0.25) is 5.91 Å². The Morgan fingerprint density at radius 2 is 1.72 bits per heavy atom. The molecule has 1 aromatic rings. The van der Waals surface area contributed by atoms with Gasteiger partial charge in [-0.15, -0.1) is 0 Å². The van der Waals surface area contributed by atoms with Gasteiger partial charge in [0, 0.05) is 51.5 Å². The number of nitrogens with zero attached hydrogens (tertiary/aromatic N) is 4. The molecular weight excluding hydrogens is 316 g/mol. The summed E-state index contributed by atoms with van der Waals surface area (Å²) in [4.78, 5) is 33.6. The van der Waals surface area contributed by atoms with Crippen LogP contribution < -0.4 is 10.5 Å². The molecule has 0 bridgehead atoms. The molecule has 2 unspecified atom stereocenters. The van der Waals surface area contributed by atoms with Crippen molar-refractivity contribution in [1.82, 2.24) is 14.5 Å². The lowest BCUT2D eigenvalue weighted by atomic mass is 9.82. The zero-order chi connectivity index (χ0) is 17.4. The lowest BCUT2D eigenvalue weighted by Gasteiger charge is -2.33. The summed E-state index contributed by atoms with van der Waals surface area (Å²) in [6.45, 7) is 3.43. The summed E-state index contributed by atoms with van der Waals surface area (Å²) in [5.41, 5.74) is -0.0594. The van der Waals surface area contributed by atoms with Gasteiger partial charge in [-0.25, -0.2) is 4.98 Å². The van der Waals surface area contributed by atoms with Crippen LogP contribution in [0.25, 0.3) is 0 Å². The molecule has 25 heavy (non-hydrogen) atoms. The maximum Gasteiger partial charge on any atom is 0.293 e. The SMILES string of the molecule is Cn1ccnc(N2CCC(C(=O)N3CC4CCCCC4C3)CC2)c1=O. The van der Waals surface area contributed by atoms with Gasteiger partial charge in [0.15, 0.2) is 5.82 Å². The summed E-state index contributed by atoms with van der Waals surface area (Å²) in [6.07, 6.45) is 10.3. The number of anilines is 1. The van der Waals surface area contributed by atoms with Gasteiger partial charge in [-0.3, -0.25) is 9.59 Å². The van der Waals surface area contributed by atoms with Crippen molar-refractivity contribution >= 4 is 11.7 Å². The fourth-order valence-electron chi connectivity index (χ4n) is 4.88. The highest BCUT2D eigenvalue weighted by Crippen LogP contribution is 2.37. The van der Waals surface area contributed by atoms with Crippen LogP contribution in [0, 0.1) is 17.8 Å². The number of hydrogen-bond donors (Lipinski definition) is 0. The van der Waals surface area contributed by atoms with Crippen molar-refractivity contribution in [2.45, 2.75) is 38.5 Å². The lowest BCUT2D eigenvalue weighted by Crippen LogP contribution is -2.44. The summed E-state index contributed by atoms with van der Waals surface area (Å²) in [6, 6.07) is 0. The molecule has 136 valence electrons. The fourth-order valence-corrected chi connectivity index (χ4v) is 4.88. The summed E-state index contributed by atoms with van der Waals surface area (Å²) < 4.78 is 1.56. The Labute approximate surface area is 148 Å². The molecule has 0 radical (unpaired) electrons. The highest BCUT2D eigenvalue weighted by atomic mass is 16.2. The van der Waals surface area contributed by atoms with Crippen LogP contribution in [0.15, 0.2) is 17.2 Å². The van der Waals surface area contributed by atoms with Gasteiger partial charge in [-0.2, -0.15) is 0 Å². The van der Waals surface area contributed by atoms with Gasteiger partial charge in [-0.1, -0.05) is 12.8 Å². The molecule has 0 N–H and O–H groups in total. The number of hydrogen-bond acceptors (Lipinski definition) is 4. The zero-order valence-corrected chi connectivity index (χ0v) is 15.1. The molecule has 2 saturated heterocycles. The zero-order valence-electron chi connectivity index (χ0n) is 15.1. The van der Waals surface area contributed by atoms with Crippen molar-refractivity contribution in [3.8, 4) is 0 Å². The van der Waals surface area contributed by atoms with Crippen LogP contribution in [0.5, 0.6) is 0 Å². The van der Waals surface area contributed by atoms with E-state index in [-0.39, 0.29) is 11.5 Å². The molecule has 2 aliphatic heterocycles. The van der Waals surface area contributed by atoms with Crippen molar-refractivity contribution in [2.24, 2.45) is 24.8 Å². The van der Waals surface area contributed by atoms with Gasteiger partial charge < -0.3 is 14.4 Å². The Morgan fingerprint density at radius 1 is 1.08 bits per heavy atom. The lowest BCUT2D eigenvalue weighted by molar-refractivity contribution is -0.135. The van der Waals surface area contributed by atoms with Crippen molar-refractivity contribution in [3.05, 3.63) is 22.7 Å². The normalized spacial score (nSPS) is 27.4. The van der Waals surface area contributed by atoms with Crippen molar-refractivity contribution in [2.75, 3.05) is 31.1 Å². The van der Waals surface area contributed by atoms with Crippen molar-refractivity contribution in [1.29, 1.82) is 0 Å². The van der Waals surface area contributed by atoms with Gasteiger partial charge in [0.1, 0.15) is 0 Å². The standard InChI is InChI=1S/C19H28N4O2/c1-21-11-8-20-17(19(21)25)22-9-6-14(7-10-22)18(24)23-12-15-4-2-3-5-16(15)13-23/h8,11,14-16H,2-7,9-10,12-13H2,1H3. The number of piperidine rings is 1. The van der Waals surface area contributed by atoms with Crippen LogP contribution in [-0.4, -0.2) is 46.5 Å². The average Bonchev–Trinajstić information content (AvgIpc) is 3.08. The van der Waals surface area contributed by atoms with Crippen LogP contribution in [0.2, 0.25) is 0 Å². The molecule has 3 heterocycles. The molecule has 3 aliphatic rings. The van der Waals surface area contributed by atoms with E-state index < -0.39 is 0 Å². The molecule has 1 amide bonds. The quantitative estimate of drug-likeness (QED) is 0.818. The highest BCUT2D eigenvalue weighted by Gasteiger charge is 2.39. The maximum atomic E-state index is 12.9. The number of fused-ring (bicyclic) bond motifs is 1. The molecule has 1 aromatic heterocycles. The molecule has 4 rings (SSSR count). The Bertz CT molecular complexity index is 679. The van der Waals surface area contributed by atoms with E-state index in [1.807, 2.05) is 4.90 Å². The second kappa shape index (κ2) is 6.81. The van der Waals surface area contributed by atoms with E-state index >= 15 is 0 Å². The molecule has 6 heteroatoms. The van der Waals surface area contributed by atoms with Crippen LogP contribution >= 0.6 is 0 Å². The van der Waals surface area contributed by atoms with E-state index in [0.29, 0.717) is 11.7 Å². The first-order valence-corrected chi connectivity index (χ1v) is 9.69. The van der Waals surface area contributed by atoms with Gasteiger partial charge in [0.25, 0.3) is 5.56 Å². The minimum absolute atomic E-state index is 0.0594. The minimum atomic E-state index is -0.0594. The van der Waals surface area contributed by atoms with Crippen LogP contribution in [0.3, 0.4) is 0 Å². The summed E-state index contributed by atoms with van der Waals surface area (Å²) >= 11 is 0. The van der Waals surface area contributed by atoms with Crippen LogP contribution in [-0.2, 0) is 11.8 Å². The third kappa shape index (κ3) is 3.18. The second-order valence-electron chi connectivity index (χ2n) is 7.98. The Balaban J connectivity index is 1.36. The number of carbonyl (C=O) groups excluding carboxylic acids is 1. The average molecular weight is 344 g/mol. The second-order valence-corrected chi connectivity index (χ2v) is 7.98. The monoisotopic (exact) mass is 344 g/mol. The van der Waals surface area contributed by atoms with Crippen LogP contribution in [0.1, 0.15) is 38.5 Å². The van der Waals surface area contributed by atoms with E-state index in [4.69, 9.17) is 0 Å². The first-order valence-electron chi connectivity index (χ1n) is 9.69. The summed E-state index contributed by atoms with van der Waals surface area (Å²) in [5, 5.41) is 0. The van der Waals surface area contributed by atoms with E-state index in [1.54, 1.807) is 24.0 Å². The molecule has 6 nitrogen and oxygen atoms in total. The topological polar surface area (TPSA) is 58.4 Å². The van der Waals surface area contributed by atoms with E-state index in [1.165, 1.54) is 25.7 Å².